The molecule has 1 heterocycles. The molecule has 1 fully saturated rings. The first-order valence-corrected chi connectivity index (χ1v) is 12.4. The predicted molar refractivity (Wildman–Crippen MR) is 134 cm³/mol. The third kappa shape index (κ3) is 2.85. The van der Waals surface area contributed by atoms with Gasteiger partial charge in [-0.25, -0.2) is 0 Å². The number of anilines is 1. The number of carbonyl (C=O) groups is 3. The second-order valence-electron chi connectivity index (χ2n) is 9.33. The Kier molecular flexibility index (Phi) is 4.89. The van der Waals surface area contributed by atoms with Crippen molar-refractivity contribution in [2.45, 2.75) is 23.1 Å². The summed E-state index contributed by atoms with van der Waals surface area (Å²) < 4.78 is 0. The number of hydrogen-bond donors (Lipinski definition) is 1. The average Bonchev–Trinajstić information content (AvgIpc) is 3.13. The van der Waals surface area contributed by atoms with E-state index in [-0.39, 0.29) is 0 Å². The van der Waals surface area contributed by atoms with E-state index in [0.29, 0.717) is 5.69 Å². The number of alkyl halides is 2. The van der Waals surface area contributed by atoms with Crippen LogP contribution in [0.2, 0.25) is 0 Å². The van der Waals surface area contributed by atoms with Gasteiger partial charge in [0.2, 0.25) is 17.7 Å². The number of amides is 3. The molecule has 2 bridgehead atoms. The van der Waals surface area contributed by atoms with Crippen LogP contribution in [-0.4, -0.2) is 29.2 Å². The molecule has 1 aliphatic heterocycles. The van der Waals surface area contributed by atoms with Crippen molar-refractivity contribution >= 4 is 46.6 Å². The van der Waals surface area contributed by atoms with Crippen LogP contribution in [0.25, 0.3) is 0 Å². The lowest BCUT2D eigenvalue weighted by Crippen LogP contribution is -2.57. The molecular formula is C28H22Cl2N2O3. The summed E-state index contributed by atoms with van der Waals surface area (Å²) in [5.74, 6) is -3.21. The van der Waals surface area contributed by atoms with E-state index in [0.717, 1.165) is 39.1 Å². The molecule has 7 rings (SSSR count). The highest BCUT2D eigenvalue weighted by Crippen LogP contribution is 2.69. The summed E-state index contributed by atoms with van der Waals surface area (Å²) in [6, 6.07) is 22.4. The summed E-state index contributed by atoms with van der Waals surface area (Å²) in [5.41, 5.74) is 4.69. The van der Waals surface area contributed by atoms with E-state index in [1.807, 2.05) is 60.7 Å². The highest BCUT2D eigenvalue weighted by atomic mass is 35.5. The molecule has 3 aliphatic carbocycles. The molecule has 2 atom stereocenters. The van der Waals surface area contributed by atoms with Crippen molar-refractivity contribution in [1.82, 2.24) is 4.90 Å². The van der Waals surface area contributed by atoms with Gasteiger partial charge in [0.25, 0.3) is 0 Å². The van der Waals surface area contributed by atoms with Gasteiger partial charge in [-0.05, 0) is 46.4 Å². The largest absolute Gasteiger partial charge is 0.325 e. The van der Waals surface area contributed by atoms with E-state index < -0.39 is 45.9 Å². The topological polar surface area (TPSA) is 66.5 Å². The zero-order valence-electron chi connectivity index (χ0n) is 18.9. The fraction of sp³-hybridized carbons (Fsp3) is 0.250. The maximum atomic E-state index is 13.8. The van der Waals surface area contributed by atoms with E-state index in [2.05, 4.69) is 12.2 Å². The molecule has 1 N–H and O–H groups in total. The van der Waals surface area contributed by atoms with E-state index >= 15 is 0 Å². The van der Waals surface area contributed by atoms with Gasteiger partial charge in [0, 0.05) is 5.69 Å². The molecule has 5 nitrogen and oxygen atoms in total. The van der Waals surface area contributed by atoms with Crippen LogP contribution in [0, 0.1) is 11.8 Å². The second kappa shape index (κ2) is 7.67. The maximum Gasteiger partial charge on any atom is 0.244 e. The average molecular weight is 505 g/mol. The van der Waals surface area contributed by atoms with E-state index in [1.54, 1.807) is 12.1 Å². The first-order valence-electron chi connectivity index (χ1n) is 11.6. The number of rotatable bonds is 4. The molecule has 176 valence electrons. The van der Waals surface area contributed by atoms with Crippen molar-refractivity contribution in [3.05, 3.63) is 101 Å². The molecule has 7 heteroatoms. The standard InChI is InChI=1S/C28H22Cl2N2O3/c1-2-16-11-13-17(14-12-16)31-22(33)15-32-25(34)23-24(26(32)35)28(30)19-8-4-3-7-18(19)27(23,29)20-9-5-6-10-21(20)28/h3-14,23-24H,2,15H2,1H3,(H,31,33)/t23-,24-,27?,28?/m0/s1. The monoisotopic (exact) mass is 504 g/mol. The van der Waals surface area contributed by atoms with Gasteiger partial charge in [0.15, 0.2) is 0 Å². The van der Waals surface area contributed by atoms with Gasteiger partial charge in [0.1, 0.15) is 16.3 Å². The fourth-order valence-corrected chi connectivity index (χ4v) is 7.15. The van der Waals surface area contributed by atoms with Crippen molar-refractivity contribution in [2.24, 2.45) is 11.8 Å². The third-order valence-corrected chi connectivity index (χ3v) is 8.91. The maximum absolute atomic E-state index is 13.8. The number of aryl methyl sites for hydroxylation is 1. The molecule has 1 saturated heterocycles. The van der Waals surface area contributed by atoms with Gasteiger partial charge in [-0.1, -0.05) is 67.6 Å². The Morgan fingerprint density at radius 2 is 1.23 bits per heavy atom. The zero-order chi connectivity index (χ0) is 24.5. The Morgan fingerprint density at radius 3 is 1.63 bits per heavy atom. The minimum atomic E-state index is -1.25. The van der Waals surface area contributed by atoms with Crippen LogP contribution in [0.5, 0.6) is 0 Å². The molecule has 3 amide bonds. The van der Waals surface area contributed by atoms with Gasteiger partial charge in [0.05, 0.1) is 11.8 Å². The number of benzene rings is 3. The van der Waals surface area contributed by atoms with E-state index in [9.17, 15) is 14.4 Å². The lowest BCUT2D eigenvalue weighted by molar-refractivity contribution is -0.142. The molecule has 0 radical (unpaired) electrons. The molecule has 35 heavy (non-hydrogen) atoms. The van der Waals surface area contributed by atoms with Gasteiger partial charge in [-0.3, -0.25) is 19.3 Å². The van der Waals surface area contributed by atoms with Crippen LogP contribution in [0.4, 0.5) is 5.69 Å². The van der Waals surface area contributed by atoms with Gasteiger partial charge >= 0.3 is 0 Å². The van der Waals surface area contributed by atoms with E-state index in [1.165, 1.54) is 0 Å². The second-order valence-corrected chi connectivity index (χ2v) is 10.5. The summed E-state index contributed by atoms with van der Waals surface area (Å²) in [6.45, 7) is 1.65. The minimum absolute atomic E-state index is 0.396. The van der Waals surface area contributed by atoms with Crippen LogP contribution < -0.4 is 5.32 Å². The Bertz CT molecular complexity index is 1280. The number of hydrogen-bond acceptors (Lipinski definition) is 3. The molecule has 0 aromatic heterocycles. The molecule has 0 unspecified atom stereocenters. The Labute approximate surface area is 213 Å². The lowest BCUT2D eigenvalue weighted by Gasteiger charge is -2.54. The number of imide groups is 1. The first kappa shape index (κ1) is 22.3. The zero-order valence-corrected chi connectivity index (χ0v) is 20.4. The lowest BCUT2D eigenvalue weighted by atomic mass is 9.54. The van der Waals surface area contributed by atoms with Crippen LogP contribution in [-0.2, 0) is 30.6 Å². The van der Waals surface area contributed by atoms with Crippen LogP contribution >= 0.6 is 23.2 Å². The molecular weight excluding hydrogens is 483 g/mol. The highest BCUT2D eigenvalue weighted by Gasteiger charge is 2.73. The molecule has 3 aromatic carbocycles. The first-order chi connectivity index (χ1) is 16.8. The number of nitrogens with zero attached hydrogens (tertiary/aromatic N) is 1. The van der Waals surface area contributed by atoms with Crippen molar-refractivity contribution in [2.75, 3.05) is 11.9 Å². The normalized spacial score (nSPS) is 27.9. The summed E-state index contributed by atoms with van der Waals surface area (Å²) >= 11 is 14.8. The smallest absolute Gasteiger partial charge is 0.244 e. The summed E-state index contributed by atoms with van der Waals surface area (Å²) in [6.07, 6.45) is 0.888. The quantitative estimate of drug-likeness (QED) is 0.410. The van der Waals surface area contributed by atoms with Gasteiger partial charge in [-0.15, -0.1) is 23.2 Å². The van der Waals surface area contributed by atoms with Crippen molar-refractivity contribution in [1.29, 1.82) is 0 Å². The van der Waals surface area contributed by atoms with Crippen molar-refractivity contribution < 1.29 is 14.4 Å². The van der Waals surface area contributed by atoms with Crippen LogP contribution in [0.15, 0.2) is 72.8 Å². The Hall–Kier alpha value is -3.15. The Morgan fingerprint density at radius 1 is 0.800 bits per heavy atom. The number of nitrogens with one attached hydrogen (secondary N) is 1. The summed E-state index contributed by atoms with van der Waals surface area (Å²) in [7, 11) is 0. The summed E-state index contributed by atoms with van der Waals surface area (Å²) in [4.78, 5) is 38.9. The number of likely N-dealkylation sites (tertiary alicyclic amines) is 1. The van der Waals surface area contributed by atoms with Gasteiger partial charge < -0.3 is 5.32 Å². The summed E-state index contributed by atoms with van der Waals surface area (Å²) in [5, 5.41) is 2.78. The third-order valence-electron chi connectivity index (χ3n) is 7.62. The fourth-order valence-electron chi connectivity index (χ4n) is 6.05. The number of halogens is 2. The van der Waals surface area contributed by atoms with E-state index in [4.69, 9.17) is 23.2 Å². The highest BCUT2D eigenvalue weighted by molar-refractivity contribution is 6.36. The van der Waals surface area contributed by atoms with Crippen LogP contribution in [0.1, 0.15) is 34.7 Å². The van der Waals surface area contributed by atoms with Gasteiger partial charge in [-0.2, -0.15) is 0 Å². The molecule has 4 aliphatic rings. The SMILES string of the molecule is CCc1ccc(NC(=O)CN2C(=O)[C@@H]3[C@@H](C2=O)C2(Cl)c4ccccc4C3(Cl)c3ccccc32)cc1. The predicted octanol–water partition coefficient (Wildman–Crippen LogP) is 4.78. The minimum Gasteiger partial charge on any atom is -0.325 e. The molecule has 0 saturated carbocycles. The van der Waals surface area contributed by atoms with Crippen molar-refractivity contribution in [3.8, 4) is 0 Å². The molecule has 3 aromatic rings. The van der Waals surface area contributed by atoms with Crippen molar-refractivity contribution in [3.63, 3.8) is 0 Å². The molecule has 0 spiro atoms. The number of carbonyl (C=O) groups excluding carboxylic acids is 3. The Balaban J connectivity index is 1.39. The van der Waals surface area contributed by atoms with Crippen LogP contribution in [0.3, 0.4) is 0 Å².